The van der Waals surface area contributed by atoms with Gasteiger partial charge in [0.25, 0.3) is 0 Å². The maximum absolute atomic E-state index is 11.9. The largest absolute Gasteiger partial charge is 0.462 e. The van der Waals surface area contributed by atoms with E-state index in [0.29, 0.717) is 12.0 Å². The van der Waals surface area contributed by atoms with E-state index in [1.165, 1.54) is 6.92 Å². The van der Waals surface area contributed by atoms with E-state index >= 15 is 0 Å². The van der Waals surface area contributed by atoms with Crippen LogP contribution in [-0.4, -0.2) is 35.9 Å². The van der Waals surface area contributed by atoms with Crippen molar-refractivity contribution in [3.05, 3.63) is 36.0 Å². The fourth-order valence-corrected chi connectivity index (χ4v) is 3.25. The lowest BCUT2D eigenvalue weighted by Crippen LogP contribution is -2.36. The second-order valence-corrected chi connectivity index (χ2v) is 6.39. The molecule has 3 rings (SSSR count). The Bertz CT molecular complexity index is 602. The molecule has 0 spiro atoms. The Hall–Kier alpha value is -1.88. The van der Waals surface area contributed by atoms with E-state index in [-0.39, 0.29) is 23.6 Å². The van der Waals surface area contributed by atoms with Crippen LogP contribution in [0.5, 0.6) is 0 Å². The molecular weight excluding hydrogens is 284 g/mol. The van der Waals surface area contributed by atoms with E-state index in [4.69, 9.17) is 14.2 Å². The van der Waals surface area contributed by atoms with Gasteiger partial charge >= 0.3 is 11.9 Å². The van der Waals surface area contributed by atoms with Crippen molar-refractivity contribution in [1.29, 1.82) is 0 Å². The van der Waals surface area contributed by atoms with Crippen LogP contribution in [0.15, 0.2) is 36.0 Å². The summed E-state index contributed by atoms with van der Waals surface area (Å²) < 4.78 is 16.6. The van der Waals surface area contributed by atoms with Crippen molar-refractivity contribution in [1.82, 2.24) is 0 Å². The number of allylic oxidation sites excluding steroid dienone is 2. The van der Waals surface area contributed by atoms with E-state index in [0.717, 1.165) is 5.57 Å². The highest BCUT2D eigenvalue weighted by molar-refractivity contribution is 5.91. The van der Waals surface area contributed by atoms with Gasteiger partial charge in [-0.3, -0.25) is 4.79 Å². The van der Waals surface area contributed by atoms with E-state index < -0.39 is 18.2 Å². The van der Waals surface area contributed by atoms with E-state index in [2.05, 4.69) is 6.58 Å². The van der Waals surface area contributed by atoms with Crippen LogP contribution in [0, 0.1) is 5.92 Å². The normalized spacial score (nSPS) is 40.2. The maximum atomic E-state index is 11.9. The highest BCUT2D eigenvalue weighted by Gasteiger charge is 2.55. The molecule has 0 aromatic rings. The van der Waals surface area contributed by atoms with Crippen molar-refractivity contribution in [2.45, 2.75) is 51.1 Å². The summed E-state index contributed by atoms with van der Waals surface area (Å²) in [5.41, 5.74) is 0.939. The Labute approximate surface area is 129 Å². The van der Waals surface area contributed by atoms with Gasteiger partial charge in [-0.1, -0.05) is 24.3 Å². The van der Waals surface area contributed by atoms with Crippen molar-refractivity contribution in [2.75, 3.05) is 0 Å². The van der Waals surface area contributed by atoms with Crippen molar-refractivity contribution in [2.24, 2.45) is 5.92 Å². The molecule has 3 aliphatic rings. The topological polar surface area (TPSA) is 65.1 Å². The third-order valence-corrected chi connectivity index (χ3v) is 4.49. The molecule has 0 aromatic carbocycles. The summed E-state index contributed by atoms with van der Waals surface area (Å²) in [7, 11) is 0. The van der Waals surface area contributed by atoms with Crippen molar-refractivity contribution < 1.29 is 23.8 Å². The fraction of sp³-hybridized carbons (Fsp3) is 0.529. The zero-order chi connectivity index (χ0) is 16.1. The lowest BCUT2D eigenvalue weighted by atomic mass is 9.83. The summed E-state index contributed by atoms with van der Waals surface area (Å²) in [6.45, 7) is 9.12. The smallest absolute Gasteiger partial charge is 0.334 e. The van der Waals surface area contributed by atoms with Gasteiger partial charge in [0.1, 0.15) is 18.3 Å². The molecule has 5 atom stereocenters. The van der Waals surface area contributed by atoms with Crippen molar-refractivity contribution in [3.63, 3.8) is 0 Å². The minimum absolute atomic E-state index is 0.00301. The molecule has 22 heavy (non-hydrogen) atoms. The minimum atomic E-state index is -0.494. The number of ether oxygens (including phenoxy) is 3. The second-order valence-electron chi connectivity index (χ2n) is 6.39. The highest BCUT2D eigenvalue weighted by atomic mass is 16.6. The summed E-state index contributed by atoms with van der Waals surface area (Å²) in [6.07, 6.45) is 5.37. The van der Waals surface area contributed by atoms with Crippen molar-refractivity contribution >= 4 is 11.9 Å². The van der Waals surface area contributed by atoms with Gasteiger partial charge in [-0.15, -0.1) is 0 Å². The van der Waals surface area contributed by atoms with E-state index in [1.807, 2.05) is 32.1 Å². The first-order valence-corrected chi connectivity index (χ1v) is 7.41. The Morgan fingerprint density at radius 3 is 2.91 bits per heavy atom. The molecule has 0 saturated carbocycles. The molecule has 118 valence electrons. The molecule has 2 saturated heterocycles. The summed E-state index contributed by atoms with van der Waals surface area (Å²) in [5.74, 6) is -1.19. The molecule has 1 aliphatic carbocycles. The first kappa shape index (κ1) is 15.0. The van der Waals surface area contributed by atoms with Crippen LogP contribution in [0.25, 0.3) is 0 Å². The second kappa shape index (κ2) is 5.09. The molecule has 2 aliphatic heterocycles. The molecule has 0 aromatic heterocycles. The van der Waals surface area contributed by atoms with Crippen LogP contribution in [0.4, 0.5) is 0 Å². The zero-order valence-corrected chi connectivity index (χ0v) is 13.0. The molecule has 0 N–H and O–H groups in total. The number of esters is 2. The Balaban J connectivity index is 1.99. The Morgan fingerprint density at radius 1 is 1.50 bits per heavy atom. The Morgan fingerprint density at radius 2 is 2.23 bits per heavy atom. The number of hydrogen-bond donors (Lipinski definition) is 0. The summed E-state index contributed by atoms with van der Waals surface area (Å²) in [5, 5.41) is 0. The van der Waals surface area contributed by atoms with Gasteiger partial charge in [0.2, 0.25) is 0 Å². The van der Waals surface area contributed by atoms with Gasteiger partial charge in [0.15, 0.2) is 0 Å². The zero-order valence-electron chi connectivity index (χ0n) is 13.0. The molecule has 2 heterocycles. The molecule has 0 radical (unpaired) electrons. The summed E-state index contributed by atoms with van der Waals surface area (Å²) in [4.78, 5) is 23.4. The number of carbonyl (C=O) groups is 2. The molecule has 5 heteroatoms. The molecule has 0 amide bonds. The van der Waals surface area contributed by atoms with Gasteiger partial charge in [-0.05, 0) is 19.9 Å². The Kier molecular flexibility index (Phi) is 3.48. The minimum Gasteiger partial charge on any atom is -0.462 e. The predicted molar refractivity (Wildman–Crippen MR) is 78.9 cm³/mol. The number of rotatable bonds is 1. The maximum Gasteiger partial charge on any atom is 0.334 e. The molecular formula is C17H20O5. The SMILES string of the molecule is C=C1C(=O)O[C@@H]2C=C(C)C=C[C@H]3O[C@]3(C)C[C@@H](OC(C)=O)[C@@H]12. The summed E-state index contributed by atoms with van der Waals surface area (Å²) in [6, 6.07) is 0. The number of carbonyl (C=O) groups excluding carboxylic acids is 2. The van der Waals surface area contributed by atoms with Gasteiger partial charge in [0.05, 0.1) is 11.5 Å². The van der Waals surface area contributed by atoms with E-state index in [9.17, 15) is 9.59 Å². The van der Waals surface area contributed by atoms with Gasteiger partial charge < -0.3 is 14.2 Å². The lowest BCUT2D eigenvalue weighted by molar-refractivity contribution is -0.150. The molecule has 2 fully saturated rings. The van der Waals surface area contributed by atoms with Crippen LogP contribution in [0.1, 0.15) is 27.2 Å². The summed E-state index contributed by atoms with van der Waals surface area (Å²) >= 11 is 0. The van der Waals surface area contributed by atoms with Crippen LogP contribution >= 0.6 is 0 Å². The average molecular weight is 304 g/mol. The van der Waals surface area contributed by atoms with Gasteiger partial charge in [-0.25, -0.2) is 4.79 Å². The number of fused-ring (bicyclic) bond motifs is 2. The lowest BCUT2D eigenvalue weighted by Gasteiger charge is -2.27. The van der Waals surface area contributed by atoms with Crippen LogP contribution in [0.3, 0.4) is 0 Å². The molecule has 5 nitrogen and oxygen atoms in total. The number of epoxide rings is 1. The molecule has 0 bridgehead atoms. The van der Waals surface area contributed by atoms with Crippen LogP contribution in [-0.2, 0) is 23.8 Å². The third kappa shape index (κ3) is 2.61. The van der Waals surface area contributed by atoms with Crippen molar-refractivity contribution in [3.8, 4) is 0 Å². The van der Waals surface area contributed by atoms with Crippen LogP contribution < -0.4 is 0 Å². The van der Waals surface area contributed by atoms with Crippen LogP contribution in [0.2, 0.25) is 0 Å². The standard InChI is InChI=1S/C17H20O5/c1-9-5-6-14-17(4,22-14)8-13(20-11(3)18)15-10(2)16(19)21-12(15)7-9/h5-7,12-15H,2,8H2,1,3-4H3/t12-,13-,14-,15+,17-/m1/s1. The monoisotopic (exact) mass is 304 g/mol. The first-order valence-electron chi connectivity index (χ1n) is 7.41. The van der Waals surface area contributed by atoms with E-state index in [1.54, 1.807) is 0 Å². The predicted octanol–water partition coefficient (Wildman–Crippen LogP) is 2.08. The quantitative estimate of drug-likeness (QED) is 0.421. The first-order chi connectivity index (χ1) is 10.3. The van der Waals surface area contributed by atoms with Gasteiger partial charge in [0, 0.05) is 18.9 Å². The average Bonchev–Trinajstić information content (AvgIpc) is 2.95. The third-order valence-electron chi connectivity index (χ3n) is 4.49. The number of hydrogen-bond acceptors (Lipinski definition) is 5. The molecule has 0 unspecified atom stereocenters. The fourth-order valence-electron chi connectivity index (χ4n) is 3.25. The van der Waals surface area contributed by atoms with Gasteiger partial charge in [-0.2, -0.15) is 0 Å². The highest BCUT2D eigenvalue weighted by Crippen LogP contribution is 2.46.